The fraction of sp³-hybridized carbons (Fsp3) is 0.500. The smallest absolute Gasteiger partial charge is 0.259 e. The van der Waals surface area contributed by atoms with Crippen LogP contribution in [0.2, 0.25) is 0 Å². The number of nitrogens with one attached hydrogen (secondary N) is 2. The molecule has 7 nitrogen and oxygen atoms in total. The summed E-state index contributed by atoms with van der Waals surface area (Å²) in [6, 6.07) is 0.995. The molecule has 0 spiro atoms. The number of hydrogen-bond acceptors (Lipinski definition) is 4. The van der Waals surface area contributed by atoms with Gasteiger partial charge in [0.1, 0.15) is 5.56 Å². The van der Waals surface area contributed by atoms with Gasteiger partial charge in [-0.15, -0.1) is 0 Å². The van der Waals surface area contributed by atoms with E-state index in [1.807, 2.05) is 0 Å². The van der Waals surface area contributed by atoms with Gasteiger partial charge in [0, 0.05) is 37.6 Å². The predicted molar refractivity (Wildman–Crippen MR) is 74.0 cm³/mol. The van der Waals surface area contributed by atoms with Crippen molar-refractivity contribution >= 4 is 15.9 Å². The molecule has 1 aliphatic heterocycles. The highest BCUT2D eigenvalue weighted by Crippen LogP contribution is 2.12. The van der Waals surface area contributed by atoms with Gasteiger partial charge in [-0.1, -0.05) is 0 Å². The minimum atomic E-state index is -3.30. The van der Waals surface area contributed by atoms with E-state index in [-0.39, 0.29) is 29.5 Å². The molecular weight excluding hydrogens is 282 g/mol. The van der Waals surface area contributed by atoms with Gasteiger partial charge in [0.25, 0.3) is 5.91 Å². The maximum Gasteiger partial charge on any atom is 0.259 e. The quantitative estimate of drug-likeness (QED) is 0.788. The number of likely N-dealkylation sites (tertiary alicyclic amines) is 1. The van der Waals surface area contributed by atoms with Crippen LogP contribution in [0.5, 0.6) is 0 Å². The van der Waals surface area contributed by atoms with Gasteiger partial charge >= 0.3 is 0 Å². The Bertz CT molecular complexity index is 653. The van der Waals surface area contributed by atoms with Crippen molar-refractivity contribution in [2.75, 3.05) is 19.3 Å². The number of carbonyl (C=O) groups excluding carboxylic acids is 1. The average molecular weight is 299 g/mol. The van der Waals surface area contributed by atoms with Crippen LogP contribution in [0.15, 0.2) is 23.3 Å². The molecule has 0 aromatic carbocycles. The zero-order valence-corrected chi connectivity index (χ0v) is 11.9. The molecular formula is C12H17N3O4S. The minimum Gasteiger partial charge on any atom is -0.367 e. The van der Waals surface area contributed by atoms with E-state index in [4.69, 9.17) is 0 Å². The number of aromatic nitrogens is 1. The van der Waals surface area contributed by atoms with Crippen LogP contribution >= 0.6 is 0 Å². The van der Waals surface area contributed by atoms with E-state index < -0.39 is 10.0 Å². The van der Waals surface area contributed by atoms with Gasteiger partial charge in [0.05, 0.1) is 6.26 Å². The van der Waals surface area contributed by atoms with Crippen molar-refractivity contribution in [3.8, 4) is 0 Å². The van der Waals surface area contributed by atoms with E-state index in [0.717, 1.165) is 6.26 Å². The molecule has 2 rings (SSSR count). The number of carbonyl (C=O) groups is 1. The molecule has 2 heterocycles. The Hall–Kier alpha value is -1.67. The fourth-order valence-electron chi connectivity index (χ4n) is 2.31. The third-order valence-electron chi connectivity index (χ3n) is 3.14. The lowest BCUT2D eigenvalue weighted by molar-refractivity contribution is 0.0701. The summed E-state index contributed by atoms with van der Waals surface area (Å²) < 4.78 is 25.0. The number of amides is 1. The molecule has 1 atom stereocenters. The van der Waals surface area contributed by atoms with Gasteiger partial charge < -0.3 is 9.88 Å². The first-order chi connectivity index (χ1) is 9.37. The highest BCUT2D eigenvalue weighted by molar-refractivity contribution is 7.88. The lowest BCUT2D eigenvalue weighted by Gasteiger charge is -2.32. The lowest BCUT2D eigenvalue weighted by Crippen LogP contribution is -2.49. The number of aromatic amines is 1. The van der Waals surface area contributed by atoms with Crippen LogP contribution in [0, 0.1) is 0 Å². The highest BCUT2D eigenvalue weighted by Gasteiger charge is 2.27. The van der Waals surface area contributed by atoms with Crippen LogP contribution in [0.1, 0.15) is 23.2 Å². The molecule has 0 aliphatic carbocycles. The van der Waals surface area contributed by atoms with Gasteiger partial charge in [-0.25, -0.2) is 13.1 Å². The Balaban J connectivity index is 2.11. The molecule has 1 amide bonds. The summed E-state index contributed by atoms with van der Waals surface area (Å²) in [5.41, 5.74) is -0.264. The number of pyridine rings is 1. The third-order valence-corrected chi connectivity index (χ3v) is 3.91. The van der Waals surface area contributed by atoms with E-state index in [0.29, 0.717) is 19.4 Å². The molecule has 1 fully saturated rings. The van der Waals surface area contributed by atoms with E-state index in [9.17, 15) is 18.0 Å². The maximum absolute atomic E-state index is 12.3. The fourth-order valence-corrected chi connectivity index (χ4v) is 3.11. The van der Waals surface area contributed by atoms with E-state index in [2.05, 4.69) is 9.71 Å². The first kappa shape index (κ1) is 14.7. The second kappa shape index (κ2) is 5.76. The van der Waals surface area contributed by atoms with Crippen LogP contribution < -0.4 is 10.2 Å². The average Bonchev–Trinajstić information content (AvgIpc) is 2.37. The zero-order chi connectivity index (χ0) is 14.8. The summed E-state index contributed by atoms with van der Waals surface area (Å²) >= 11 is 0. The number of piperidine rings is 1. The Kier molecular flexibility index (Phi) is 4.24. The molecule has 2 N–H and O–H groups in total. The Labute approximate surface area is 117 Å². The van der Waals surface area contributed by atoms with Crippen LogP contribution in [0.3, 0.4) is 0 Å². The molecule has 20 heavy (non-hydrogen) atoms. The Morgan fingerprint density at radius 1 is 1.50 bits per heavy atom. The van der Waals surface area contributed by atoms with Gasteiger partial charge in [0.15, 0.2) is 5.43 Å². The highest BCUT2D eigenvalue weighted by atomic mass is 32.2. The van der Waals surface area contributed by atoms with Crippen LogP contribution in [0.4, 0.5) is 0 Å². The van der Waals surface area contributed by atoms with Crippen molar-refractivity contribution in [1.29, 1.82) is 0 Å². The molecule has 1 aromatic heterocycles. The summed E-state index contributed by atoms with van der Waals surface area (Å²) in [6.07, 6.45) is 5.31. The largest absolute Gasteiger partial charge is 0.367 e. The summed E-state index contributed by atoms with van der Waals surface area (Å²) in [5, 5.41) is 0. The number of hydrogen-bond donors (Lipinski definition) is 2. The monoisotopic (exact) mass is 299 g/mol. The SMILES string of the molecule is CS(=O)(=O)NC1CCCN(C(=O)c2c[nH]ccc2=O)C1. The predicted octanol–water partition coefficient (Wildman–Crippen LogP) is -0.471. The number of nitrogens with zero attached hydrogens (tertiary/aromatic N) is 1. The summed E-state index contributed by atoms with van der Waals surface area (Å²) in [4.78, 5) is 28.1. The number of sulfonamides is 1. The standard InChI is InChI=1S/C12H17N3O4S/c1-20(18,19)14-9-3-2-6-15(8-9)12(17)10-7-13-5-4-11(10)16/h4-5,7,9,14H,2-3,6,8H2,1H3,(H,13,16). The number of rotatable bonds is 3. The van der Waals surface area contributed by atoms with E-state index >= 15 is 0 Å². The molecule has 0 radical (unpaired) electrons. The summed E-state index contributed by atoms with van der Waals surface area (Å²) in [7, 11) is -3.30. The van der Waals surface area contributed by atoms with Crippen molar-refractivity contribution in [3.05, 3.63) is 34.2 Å². The topological polar surface area (TPSA) is 99.3 Å². The van der Waals surface area contributed by atoms with Crippen LogP contribution in [0.25, 0.3) is 0 Å². The van der Waals surface area contributed by atoms with E-state index in [1.54, 1.807) is 0 Å². The molecule has 1 aliphatic rings. The van der Waals surface area contributed by atoms with Crippen molar-refractivity contribution in [2.45, 2.75) is 18.9 Å². The Morgan fingerprint density at radius 3 is 2.90 bits per heavy atom. The lowest BCUT2D eigenvalue weighted by atomic mass is 10.1. The van der Waals surface area contributed by atoms with Gasteiger partial charge in [-0.3, -0.25) is 9.59 Å². The molecule has 0 bridgehead atoms. The van der Waals surface area contributed by atoms with E-state index in [1.165, 1.54) is 23.4 Å². The minimum absolute atomic E-state index is 0.0764. The van der Waals surface area contributed by atoms with Crippen molar-refractivity contribution in [1.82, 2.24) is 14.6 Å². The second-order valence-corrected chi connectivity index (χ2v) is 6.68. The summed E-state index contributed by atoms with van der Waals surface area (Å²) in [6.45, 7) is 0.801. The van der Waals surface area contributed by atoms with Gasteiger partial charge in [-0.05, 0) is 12.8 Å². The third kappa shape index (κ3) is 3.67. The summed E-state index contributed by atoms with van der Waals surface area (Å²) in [5.74, 6) is -0.369. The maximum atomic E-state index is 12.3. The van der Waals surface area contributed by atoms with Gasteiger partial charge in [-0.2, -0.15) is 0 Å². The molecule has 1 unspecified atom stereocenters. The Morgan fingerprint density at radius 2 is 2.25 bits per heavy atom. The first-order valence-corrected chi connectivity index (χ1v) is 8.19. The molecule has 1 aromatic rings. The number of H-pyrrole nitrogens is 1. The molecule has 0 saturated carbocycles. The van der Waals surface area contributed by atoms with Crippen molar-refractivity contribution in [3.63, 3.8) is 0 Å². The first-order valence-electron chi connectivity index (χ1n) is 6.30. The van der Waals surface area contributed by atoms with Crippen LogP contribution in [-0.4, -0.2) is 49.6 Å². The van der Waals surface area contributed by atoms with Gasteiger partial charge in [0.2, 0.25) is 10.0 Å². The molecule has 8 heteroatoms. The van der Waals surface area contributed by atoms with Crippen molar-refractivity contribution in [2.24, 2.45) is 0 Å². The second-order valence-electron chi connectivity index (χ2n) is 4.90. The normalized spacial score (nSPS) is 19.9. The van der Waals surface area contributed by atoms with Crippen molar-refractivity contribution < 1.29 is 13.2 Å². The molecule has 110 valence electrons. The zero-order valence-electron chi connectivity index (χ0n) is 11.1. The van der Waals surface area contributed by atoms with Crippen LogP contribution in [-0.2, 0) is 10.0 Å². The molecule has 1 saturated heterocycles.